The number of aliphatic hydroxyl groups is 1. The van der Waals surface area contributed by atoms with E-state index in [4.69, 9.17) is 0 Å². The van der Waals surface area contributed by atoms with Gasteiger partial charge in [-0.05, 0) is 53.4 Å². The molecule has 0 saturated heterocycles. The van der Waals surface area contributed by atoms with Crippen molar-refractivity contribution in [3.8, 4) is 0 Å². The minimum atomic E-state index is -0.260. The first-order chi connectivity index (χ1) is 12.9. The van der Waals surface area contributed by atoms with E-state index in [9.17, 15) is 9.90 Å². The number of nitrogens with one attached hydrogen (secondary N) is 1. The lowest BCUT2D eigenvalue weighted by atomic mass is 9.86. The maximum atomic E-state index is 12.5. The van der Waals surface area contributed by atoms with Gasteiger partial charge in [-0.15, -0.1) is 0 Å². The molecule has 1 aliphatic rings. The van der Waals surface area contributed by atoms with Gasteiger partial charge in [-0.1, -0.05) is 51.1 Å². The van der Waals surface area contributed by atoms with Gasteiger partial charge in [0.2, 0.25) is 5.91 Å². The Kier molecular flexibility index (Phi) is 5.95. The first-order valence-electron chi connectivity index (χ1n) is 9.82. The number of amides is 1. The summed E-state index contributed by atoms with van der Waals surface area (Å²) in [4.78, 5) is 17.0. The molecule has 1 amide bonds. The lowest BCUT2D eigenvalue weighted by Gasteiger charge is -2.20. The Morgan fingerprint density at radius 2 is 1.89 bits per heavy atom. The zero-order valence-corrected chi connectivity index (χ0v) is 16.5. The van der Waals surface area contributed by atoms with Gasteiger partial charge < -0.3 is 10.4 Å². The molecule has 2 aromatic rings. The molecular weight excluding hydrogens is 336 g/mol. The summed E-state index contributed by atoms with van der Waals surface area (Å²) in [5, 5.41) is 12.4. The van der Waals surface area contributed by atoms with Crippen LogP contribution < -0.4 is 5.32 Å². The number of hydrogen-bond acceptors (Lipinski definition) is 3. The Balaban J connectivity index is 1.62. The van der Waals surface area contributed by atoms with Gasteiger partial charge in [0.25, 0.3) is 0 Å². The number of aliphatic hydroxyl groups excluding tert-OH is 1. The van der Waals surface area contributed by atoms with E-state index in [1.165, 1.54) is 24.0 Å². The first-order valence-corrected chi connectivity index (χ1v) is 9.82. The van der Waals surface area contributed by atoms with Gasteiger partial charge in [-0.3, -0.25) is 9.78 Å². The molecular formula is C23H30N2O2. The van der Waals surface area contributed by atoms with Gasteiger partial charge in [0.1, 0.15) is 0 Å². The van der Waals surface area contributed by atoms with Crippen LogP contribution in [0, 0.1) is 0 Å². The summed E-state index contributed by atoms with van der Waals surface area (Å²) in [5.74, 6) is 0.610. The van der Waals surface area contributed by atoms with E-state index in [1.54, 1.807) is 0 Å². The molecule has 3 rings (SSSR count). The lowest BCUT2D eigenvalue weighted by Crippen LogP contribution is -2.31. The summed E-state index contributed by atoms with van der Waals surface area (Å²) in [7, 11) is 0. The van der Waals surface area contributed by atoms with E-state index in [1.807, 2.05) is 24.4 Å². The standard InChI is InChI=1S/C23H30N2O2/c1-23(2,3)19-9-4-16(5-10-19)14-22(27)25-21(12-13-26)20-11-8-18(15-24-20)17-6-7-17/h4-5,8-11,15,17,21,26H,6-7,12-14H2,1-3H3,(H,25,27)/t21-/m1/s1. The highest BCUT2D eigenvalue weighted by atomic mass is 16.3. The van der Waals surface area contributed by atoms with E-state index in [2.05, 4.69) is 49.3 Å². The summed E-state index contributed by atoms with van der Waals surface area (Å²) in [6, 6.07) is 12.0. The first kappa shape index (κ1) is 19.6. The second-order valence-electron chi connectivity index (χ2n) is 8.55. The molecule has 0 spiro atoms. The third-order valence-corrected chi connectivity index (χ3v) is 5.15. The number of hydrogen-bond donors (Lipinski definition) is 2. The van der Waals surface area contributed by atoms with Crippen LogP contribution >= 0.6 is 0 Å². The van der Waals surface area contributed by atoms with Crippen molar-refractivity contribution in [1.29, 1.82) is 0 Å². The van der Waals surface area contributed by atoms with E-state index < -0.39 is 0 Å². The molecule has 0 radical (unpaired) electrons. The Bertz CT molecular complexity index is 756. The van der Waals surface area contributed by atoms with Gasteiger partial charge >= 0.3 is 0 Å². The van der Waals surface area contributed by atoms with E-state index in [0.717, 1.165) is 11.3 Å². The number of aromatic nitrogens is 1. The van der Waals surface area contributed by atoms with Crippen molar-refractivity contribution in [2.75, 3.05) is 6.61 Å². The minimum absolute atomic E-state index is 0.0112. The third kappa shape index (κ3) is 5.39. The number of carbonyl (C=O) groups excluding carboxylic acids is 1. The van der Waals surface area contributed by atoms with Crippen molar-refractivity contribution >= 4 is 5.91 Å². The molecule has 1 aromatic heterocycles. The predicted octanol–water partition coefficient (Wildman–Crippen LogP) is 4.04. The van der Waals surface area contributed by atoms with E-state index >= 15 is 0 Å². The van der Waals surface area contributed by atoms with Crippen molar-refractivity contribution in [2.45, 2.75) is 63.8 Å². The fraction of sp³-hybridized carbons (Fsp3) is 0.478. The minimum Gasteiger partial charge on any atom is -0.396 e. The molecule has 0 bridgehead atoms. The number of nitrogens with zero attached hydrogens (tertiary/aromatic N) is 1. The highest BCUT2D eigenvalue weighted by Gasteiger charge is 2.24. The van der Waals surface area contributed by atoms with Crippen LogP contribution in [0.25, 0.3) is 0 Å². The lowest BCUT2D eigenvalue weighted by molar-refractivity contribution is -0.121. The Morgan fingerprint density at radius 1 is 1.19 bits per heavy atom. The third-order valence-electron chi connectivity index (χ3n) is 5.15. The average Bonchev–Trinajstić information content (AvgIpc) is 3.46. The summed E-state index contributed by atoms with van der Waals surface area (Å²) >= 11 is 0. The summed E-state index contributed by atoms with van der Waals surface area (Å²) in [6.07, 6.45) is 5.18. The fourth-order valence-corrected chi connectivity index (χ4v) is 3.26. The van der Waals surface area contributed by atoms with Crippen LogP contribution in [0.15, 0.2) is 42.6 Å². The van der Waals surface area contributed by atoms with Crippen LogP contribution in [0.2, 0.25) is 0 Å². The van der Waals surface area contributed by atoms with Crippen molar-refractivity contribution in [3.63, 3.8) is 0 Å². The maximum absolute atomic E-state index is 12.5. The van der Waals surface area contributed by atoms with Gasteiger partial charge in [-0.25, -0.2) is 0 Å². The van der Waals surface area contributed by atoms with Crippen molar-refractivity contribution in [3.05, 3.63) is 65.0 Å². The molecule has 1 saturated carbocycles. The number of rotatable bonds is 7. The second kappa shape index (κ2) is 8.22. The molecule has 1 heterocycles. The quantitative estimate of drug-likeness (QED) is 0.777. The predicted molar refractivity (Wildman–Crippen MR) is 108 cm³/mol. The van der Waals surface area contributed by atoms with Crippen LogP contribution in [-0.4, -0.2) is 22.6 Å². The van der Waals surface area contributed by atoms with Gasteiger partial charge in [0.15, 0.2) is 0 Å². The van der Waals surface area contributed by atoms with E-state index in [0.29, 0.717) is 18.8 Å². The molecule has 1 atom stereocenters. The Hall–Kier alpha value is -2.20. The molecule has 1 aliphatic carbocycles. The number of carbonyl (C=O) groups is 1. The zero-order chi connectivity index (χ0) is 19.4. The fourth-order valence-electron chi connectivity index (χ4n) is 3.26. The molecule has 4 heteroatoms. The van der Waals surface area contributed by atoms with E-state index in [-0.39, 0.29) is 24.0 Å². The van der Waals surface area contributed by atoms with Crippen molar-refractivity contribution in [2.24, 2.45) is 0 Å². The molecule has 1 aromatic carbocycles. The zero-order valence-electron chi connectivity index (χ0n) is 16.5. The number of pyridine rings is 1. The monoisotopic (exact) mass is 366 g/mol. The summed E-state index contributed by atoms with van der Waals surface area (Å²) < 4.78 is 0. The van der Waals surface area contributed by atoms with Crippen molar-refractivity contribution in [1.82, 2.24) is 10.3 Å². The number of benzene rings is 1. The Labute approximate surface area is 162 Å². The normalized spacial score (nSPS) is 15.4. The van der Waals surface area contributed by atoms with Gasteiger partial charge in [0.05, 0.1) is 18.2 Å². The largest absolute Gasteiger partial charge is 0.396 e. The van der Waals surface area contributed by atoms with Crippen molar-refractivity contribution < 1.29 is 9.90 Å². The molecule has 27 heavy (non-hydrogen) atoms. The average molecular weight is 367 g/mol. The summed E-state index contributed by atoms with van der Waals surface area (Å²) in [6.45, 7) is 6.54. The molecule has 1 fully saturated rings. The topological polar surface area (TPSA) is 62.2 Å². The maximum Gasteiger partial charge on any atom is 0.224 e. The Morgan fingerprint density at radius 3 is 2.41 bits per heavy atom. The van der Waals surface area contributed by atoms with Crippen LogP contribution in [0.3, 0.4) is 0 Å². The van der Waals surface area contributed by atoms with Crippen LogP contribution in [0.4, 0.5) is 0 Å². The van der Waals surface area contributed by atoms with Gasteiger partial charge in [0, 0.05) is 12.8 Å². The van der Waals surface area contributed by atoms with Crippen LogP contribution in [-0.2, 0) is 16.6 Å². The van der Waals surface area contributed by atoms with Crippen LogP contribution in [0.5, 0.6) is 0 Å². The van der Waals surface area contributed by atoms with Crippen LogP contribution in [0.1, 0.15) is 74.4 Å². The molecule has 0 unspecified atom stereocenters. The molecule has 144 valence electrons. The molecule has 4 nitrogen and oxygen atoms in total. The molecule has 2 N–H and O–H groups in total. The van der Waals surface area contributed by atoms with Gasteiger partial charge in [-0.2, -0.15) is 0 Å². The smallest absolute Gasteiger partial charge is 0.224 e. The summed E-state index contributed by atoms with van der Waals surface area (Å²) in [5.41, 5.74) is 4.42. The second-order valence-corrected chi connectivity index (χ2v) is 8.55. The highest BCUT2D eigenvalue weighted by Crippen LogP contribution is 2.39. The highest BCUT2D eigenvalue weighted by molar-refractivity contribution is 5.79. The SMILES string of the molecule is CC(C)(C)c1ccc(CC(=O)N[C@H](CCO)c2ccc(C3CC3)cn2)cc1. The molecule has 0 aliphatic heterocycles.